The Hall–Kier alpha value is -2.73. The number of anilines is 1. The van der Waals surface area contributed by atoms with Crippen LogP contribution in [0.1, 0.15) is 28.8 Å². The highest BCUT2D eigenvalue weighted by molar-refractivity contribution is 5.95. The van der Waals surface area contributed by atoms with E-state index in [9.17, 15) is 4.79 Å². The molecule has 6 heteroatoms. The molecule has 0 spiro atoms. The van der Waals surface area contributed by atoms with Crippen molar-refractivity contribution >= 4 is 11.6 Å². The molecule has 0 bridgehead atoms. The number of carbonyl (C=O) groups excluding carboxylic acids is 1. The number of amides is 1. The minimum atomic E-state index is -0.185. The lowest BCUT2D eigenvalue weighted by Gasteiger charge is -2.38. The average Bonchev–Trinajstić information content (AvgIpc) is 3.15. The number of ether oxygens (including phenoxy) is 3. The molecule has 1 fully saturated rings. The first-order chi connectivity index (χ1) is 12.7. The number of nitrogens with one attached hydrogen (secondary N) is 1. The minimum Gasteiger partial charge on any atom is -0.454 e. The fourth-order valence-electron chi connectivity index (χ4n) is 3.59. The maximum absolute atomic E-state index is 12.6. The third kappa shape index (κ3) is 3.20. The van der Waals surface area contributed by atoms with Gasteiger partial charge < -0.3 is 25.3 Å². The molecule has 0 unspecified atom stereocenters. The average molecular weight is 354 g/mol. The predicted molar refractivity (Wildman–Crippen MR) is 97.5 cm³/mol. The second kappa shape index (κ2) is 6.88. The first-order valence-electron chi connectivity index (χ1n) is 8.78. The highest BCUT2D eigenvalue weighted by atomic mass is 16.7. The molecule has 2 aromatic carbocycles. The Bertz CT molecular complexity index is 815. The summed E-state index contributed by atoms with van der Waals surface area (Å²) >= 11 is 0. The summed E-state index contributed by atoms with van der Waals surface area (Å²) in [5.41, 5.74) is 7.88. The van der Waals surface area contributed by atoms with Gasteiger partial charge >= 0.3 is 0 Å². The van der Waals surface area contributed by atoms with Crippen molar-refractivity contribution in [2.24, 2.45) is 0 Å². The quantitative estimate of drug-likeness (QED) is 0.824. The van der Waals surface area contributed by atoms with Crippen LogP contribution in [0.25, 0.3) is 0 Å². The van der Waals surface area contributed by atoms with Crippen molar-refractivity contribution in [1.82, 2.24) is 5.32 Å². The maximum Gasteiger partial charge on any atom is 0.251 e. The van der Waals surface area contributed by atoms with Crippen LogP contribution in [-0.4, -0.2) is 32.5 Å². The molecule has 0 aliphatic carbocycles. The van der Waals surface area contributed by atoms with E-state index in [1.807, 2.05) is 12.1 Å². The van der Waals surface area contributed by atoms with Crippen molar-refractivity contribution in [2.75, 3.05) is 32.3 Å². The summed E-state index contributed by atoms with van der Waals surface area (Å²) in [6, 6.07) is 13.0. The van der Waals surface area contributed by atoms with Gasteiger partial charge in [0, 0.05) is 36.4 Å². The topological polar surface area (TPSA) is 82.8 Å². The van der Waals surface area contributed by atoms with E-state index in [0.29, 0.717) is 31.0 Å². The maximum atomic E-state index is 12.6. The van der Waals surface area contributed by atoms with Crippen molar-refractivity contribution < 1.29 is 19.0 Å². The number of hydrogen-bond donors (Lipinski definition) is 2. The van der Waals surface area contributed by atoms with Gasteiger partial charge in [-0.2, -0.15) is 0 Å². The van der Waals surface area contributed by atoms with Crippen molar-refractivity contribution in [3.63, 3.8) is 0 Å². The van der Waals surface area contributed by atoms with E-state index in [0.717, 1.165) is 29.9 Å². The second-order valence-electron chi connectivity index (χ2n) is 6.77. The highest BCUT2D eigenvalue weighted by Gasteiger charge is 2.36. The molecular formula is C20H22N2O4. The zero-order valence-electron chi connectivity index (χ0n) is 14.5. The normalized spacial score (nSPS) is 17.7. The predicted octanol–water partition coefficient (Wildman–Crippen LogP) is 2.48. The van der Waals surface area contributed by atoms with Crippen LogP contribution in [0.3, 0.4) is 0 Å². The molecule has 0 saturated carbocycles. The van der Waals surface area contributed by atoms with Crippen LogP contribution in [0.2, 0.25) is 0 Å². The summed E-state index contributed by atoms with van der Waals surface area (Å²) in [6.45, 7) is 2.12. The van der Waals surface area contributed by atoms with Gasteiger partial charge in [0.1, 0.15) is 0 Å². The third-order valence-electron chi connectivity index (χ3n) is 5.17. The van der Waals surface area contributed by atoms with E-state index in [-0.39, 0.29) is 18.1 Å². The molecule has 0 radical (unpaired) electrons. The van der Waals surface area contributed by atoms with E-state index in [1.54, 1.807) is 24.3 Å². The Labute approximate surface area is 152 Å². The standard InChI is InChI=1S/C20H22N2O4/c21-16-3-1-2-14(10-16)19(23)22-12-20(6-8-24-9-7-20)15-4-5-17-18(11-15)26-13-25-17/h1-5,10-11H,6-9,12-13,21H2,(H,22,23). The molecule has 0 atom stereocenters. The molecule has 1 saturated heterocycles. The number of rotatable bonds is 4. The molecule has 2 heterocycles. The Morgan fingerprint density at radius 3 is 2.69 bits per heavy atom. The fraction of sp³-hybridized carbons (Fsp3) is 0.350. The molecular weight excluding hydrogens is 332 g/mol. The van der Waals surface area contributed by atoms with Crippen LogP contribution in [0.15, 0.2) is 42.5 Å². The summed E-state index contributed by atoms with van der Waals surface area (Å²) in [4.78, 5) is 12.6. The van der Waals surface area contributed by atoms with E-state index in [2.05, 4.69) is 11.4 Å². The molecule has 2 aliphatic rings. The van der Waals surface area contributed by atoms with E-state index < -0.39 is 0 Å². The first-order valence-corrected chi connectivity index (χ1v) is 8.78. The number of nitrogens with two attached hydrogens (primary N) is 1. The van der Waals surface area contributed by atoms with Crippen LogP contribution in [-0.2, 0) is 10.2 Å². The summed E-state index contributed by atoms with van der Waals surface area (Å²) in [5, 5.41) is 3.08. The van der Waals surface area contributed by atoms with E-state index in [4.69, 9.17) is 19.9 Å². The van der Waals surface area contributed by atoms with Crippen LogP contribution >= 0.6 is 0 Å². The Balaban J connectivity index is 1.56. The van der Waals surface area contributed by atoms with Crippen LogP contribution < -0.4 is 20.5 Å². The second-order valence-corrected chi connectivity index (χ2v) is 6.77. The SMILES string of the molecule is Nc1cccc(C(=O)NCC2(c3ccc4c(c3)OCO4)CCOCC2)c1. The number of hydrogen-bond acceptors (Lipinski definition) is 5. The number of carbonyl (C=O) groups is 1. The van der Waals surface area contributed by atoms with Crippen molar-refractivity contribution in [3.05, 3.63) is 53.6 Å². The zero-order chi connectivity index (χ0) is 18.0. The van der Waals surface area contributed by atoms with Crippen molar-refractivity contribution in [2.45, 2.75) is 18.3 Å². The van der Waals surface area contributed by atoms with Gasteiger partial charge in [0.25, 0.3) is 5.91 Å². The summed E-state index contributed by atoms with van der Waals surface area (Å²) < 4.78 is 16.5. The van der Waals surface area contributed by atoms with Gasteiger partial charge in [-0.15, -0.1) is 0 Å². The fourth-order valence-corrected chi connectivity index (χ4v) is 3.59. The summed E-state index contributed by atoms with van der Waals surface area (Å²) in [6.07, 6.45) is 1.67. The molecule has 3 N–H and O–H groups in total. The molecule has 26 heavy (non-hydrogen) atoms. The molecule has 6 nitrogen and oxygen atoms in total. The van der Waals surface area contributed by atoms with Crippen LogP contribution in [0, 0.1) is 0 Å². The molecule has 136 valence electrons. The van der Waals surface area contributed by atoms with Gasteiger partial charge in [-0.1, -0.05) is 12.1 Å². The zero-order valence-corrected chi connectivity index (χ0v) is 14.5. The van der Waals surface area contributed by atoms with Gasteiger partial charge in [0.05, 0.1) is 0 Å². The monoisotopic (exact) mass is 354 g/mol. The van der Waals surface area contributed by atoms with Gasteiger partial charge in [-0.05, 0) is 48.7 Å². The van der Waals surface area contributed by atoms with Crippen LogP contribution in [0.5, 0.6) is 11.5 Å². The molecule has 1 amide bonds. The van der Waals surface area contributed by atoms with Gasteiger partial charge in [0.15, 0.2) is 11.5 Å². The number of nitrogen functional groups attached to an aromatic ring is 1. The Morgan fingerprint density at radius 2 is 1.88 bits per heavy atom. The molecule has 0 aromatic heterocycles. The lowest BCUT2D eigenvalue weighted by atomic mass is 9.74. The van der Waals surface area contributed by atoms with E-state index >= 15 is 0 Å². The highest BCUT2D eigenvalue weighted by Crippen LogP contribution is 2.40. The first kappa shape index (κ1) is 16.7. The van der Waals surface area contributed by atoms with Gasteiger partial charge in [-0.3, -0.25) is 4.79 Å². The van der Waals surface area contributed by atoms with Crippen molar-refractivity contribution in [1.29, 1.82) is 0 Å². The molecule has 2 aromatic rings. The summed E-state index contributed by atoms with van der Waals surface area (Å²) in [5.74, 6) is 1.40. The summed E-state index contributed by atoms with van der Waals surface area (Å²) in [7, 11) is 0. The van der Waals surface area contributed by atoms with Gasteiger partial charge in [-0.25, -0.2) is 0 Å². The van der Waals surface area contributed by atoms with Crippen molar-refractivity contribution in [3.8, 4) is 11.5 Å². The van der Waals surface area contributed by atoms with E-state index in [1.165, 1.54) is 0 Å². The van der Waals surface area contributed by atoms with Gasteiger partial charge in [0.2, 0.25) is 6.79 Å². The number of benzene rings is 2. The Kier molecular flexibility index (Phi) is 4.42. The lowest BCUT2D eigenvalue weighted by molar-refractivity contribution is 0.0486. The largest absolute Gasteiger partial charge is 0.454 e. The number of fused-ring (bicyclic) bond motifs is 1. The minimum absolute atomic E-state index is 0.121. The lowest BCUT2D eigenvalue weighted by Crippen LogP contribution is -2.44. The molecule has 2 aliphatic heterocycles. The molecule has 4 rings (SSSR count). The Morgan fingerprint density at radius 1 is 1.08 bits per heavy atom. The van der Waals surface area contributed by atoms with Crippen LogP contribution in [0.4, 0.5) is 5.69 Å². The smallest absolute Gasteiger partial charge is 0.251 e. The third-order valence-corrected chi connectivity index (χ3v) is 5.17.